The van der Waals surface area contributed by atoms with Crippen molar-refractivity contribution < 1.29 is 8.83 Å². The van der Waals surface area contributed by atoms with Gasteiger partial charge in [0.1, 0.15) is 22.7 Å². The Kier molecular flexibility index (Phi) is 10.2. The van der Waals surface area contributed by atoms with Crippen LogP contribution in [0.25, 0.3) is 39.7 Å². The first-order valence-electron chi connectivity index (χ1n) is 25.2. The summed E-state index contributed by atoms with van der Waals surface area (Å²) in [5.74, 6) is 1.78. The molecule has 4 heterocycles. The van der Waals surface area contributed by atoms with Gasteiger partial charge in [-0.15, -0.1) is 0 Å². The lowest BCUT2D eigenvalue weighted by atomic mass is 9.33. The average Bonchev–Trinajstić information content (AvgIpc) is 3.96. The number of furan rings is 2. The van der Waals surface area contributed by atoms with Gasteiger partial charge in [0.2, 0.25) is 0 Å². The topological polar surface area (TPSA) is 36.0 Å². The lowest BCUT2D eigenvalue weighted by molar-refractivity contribution is 0.538. The predicted molar refractivity (Wildman–Crippen MR) is 305 cm³/mol. The van der Waals surface area contributed by atoms with Crippen molar-refractivity contribution in [3.63, 3.8) is 0 Å². The van der Waals surface area contributed by atoms with Crippen LogP contribution in [-0.2, 0) is 11.8 Å². The van der Waals surface area contributed by atoms with E-state index >= 15 is 0 Å². The molecule has 0 amide bonds. The molecule has 0 saturated heterocycles. The fourth-order valence-corrected chi connectivity index (χ4v) is 11.7. The van der Waals surface area contributed by atoms with E-state index in [4.69, 9.17) is 8.83 Å². The first kappa shape index (κ1) is 43.5. The Morgan fingerprint density at radius 1 is 0.611 bits per heavy atom. The molecule has 2 aliphatic heterocycles. The minimum atomic E-state index is -0.0727. The number of hydrogen-bond acceptors (Lipinski definition) is 5. The summed E-state index contributed by atoms with van der Waals surface area (Å²) >= 11 is 0. The smallest absolute Gasteiger partial charge is 0.252 e. The standard InChI is InChI=1S/C66H54BN3O2/c1-7-18-51-54-25-17-24-50(65(54)72-61(51)8-2)43-27-30-47(31-28-43)69-57-39-44(66(4,5)6)29-35-55(57)67-56-36-33-48(68(45-19-11-9-12-20-45)46-21-13-10-14-22-46)40-58(56)70(60-38-42(3)37-59(69)64(60)67)49-32-34-53-52-23-15-16-26-62(52)71-63(53)41-49/h7-16,18-24,26-41H,2,17,25H2,1,3-6H3/b18-7-. The lowest BCUT2D eigenvalue weighted by Crippen LogP contribution is -2.61. The fourth-order valence-electron chi connectivity index (χ4n) is 11.7. The summed E-state index contributed by atoms with van der Waals surface area (Å²) in [6.07, 6.45) is 10.3. The summed E-state index contributed by atoms with van der Waals surface area (Å²) in [6, 6.07) is 64.7. The Morgan fingerprint density at radius 2 is 1.25 bits per heavy atom. The highest BCUT2D eigenvalue weighted by Gasteiger charge is 2.44. The number of benzene rings is 8. The molecule has 0 unspecified atom stereocenters. The van der Waals surface area contributed by atoms with Crippen molar-refractivity contribution in [2.45, 2.75) is 52.9 Å². The van der Waals surface area contributed by atoms with Gasteiger partial charge in [-0.05, 0) is 156 Å². The molecule has 3 aliphatic rings. The molecule has 0 radical (unpaired) electrons. The van der Waals surface area contributed by atoms with E-state index in [0.717, 1.165) is 103 Å². The van der Waals surface area contributed by atoms with Gasteiger partial charge in [0.15, 0.2) is 0 Å². The van der Waals surface area contributed by atoms with Gasteiger partial charge >= 0.3 is 0 Å². The highest BCUT2D eigenvalue weighted by atomic mass is 16.3. The summed E-state index contributed by atoms with van der Waals surface area (Å²) in [7, 11) is 0. The van der Waals surface area contributed by atoms with E-state index in [9.17, 15) is 0 Å². The minimum absolute atomic E-state index is 0.0533. The van der Waals surface area contributed by atoms with Gasteiger partial charge in [0, 0.05) is 84.7 Å². The van der Waals surface area contributed by atoms with Gasteiger partial charge in [-0.3, -0.25) is 0 Å². The summed E-state index contributed by atoms with van der Waals surface area (Å²) in [5.41, 5.74) is 22.7. The second kappa shape index (κ2) is 16.8. The second-order valence-electron chi connectivity index (χ2n) is 20.5. The number of nitrogens with zero attached hydrogens (tertiary/aromatic N) is 3. The second-order valence-corrected chi connectivity index (χ2v) is 20.5. The molecule has 0 fully saturated rings. The van der Waals surface area contributed by atoms with Crippen LogP contribution in [0.2, 0.25) is 0 Å². The zero-order valence-electron chi connectivity index (χ0n) is 41.4. The van der Waals surface area contributed by atoms with Crippen molar-refractivity contribution in [3.8, 4) is 0 Å². The third kappa shape index (κ3) is 6.92. The molecular weight excluding hydrogens is 878 g/mol. The van der Waals surface area contributed by atoms with Crippen molar-refractivity contribution in [1.29, 1.82) is 0 Å². The molecule has 1 aliphatic carbocycles. The van der Waals surface area contributed by atoms with E-state index < -0.39 is 0 Å². The Bertz CT molecular complexity index is 3810. The number of aryl methyl sites for hydroxylation is 1. The lowest BCUT2D eigenvalue weighted by Gasteiger charge is -2.45. The molecule has 0 bridgehead atoms. The number of fused-ring (bicyclic) bond motifs is 8. The molecule has 348 valence electrons. The van der Waals surface area contributed by atoms with E-state index in [1.54, 1.807) is 0 Å². The first-order valence-corrected chi connectivity index (χ1v) is 25.2. The quantitative estimate of drug-likeness (QED) is 0.142. The summed E-state index contributed by atoms with van der Waals surface area (Å²) in [5, 5.41) is 2.22. The van der Waals surface area contributed by atoms with Crippen LogP contribution in [0.3, 0.4) is 0 Å². The molecule has 0 N–H and O–H groups in total. The Morgan fingerprint density at radius 3 is 1.94 bits per heavy atom. The third-order valence-corrected chi connectivity index (χ3v) is 15.0. The average molecular weight is 932 g/mol. The number of para-hydroxylation sites is 3. The predicted octanol–water partition coefficient (Wildman–Crippen LogP) is 16.4. The van der Waals surface area contributed by atoms with Crippen LogP contribution in [0.4, 0.5) is 51.2 Å². The van der Waals surface area contributed by atoms with Crippen molar-refractivity contribution in [3.05, 3.63) is 234 Å². The summed E-state index contributed by atoms with van der Waals surface area (Å²) < 4.78 is 13.2. The largest absolute Gasteiger partial charge is 0.456 e. The van der Waals surface area contributed by atoms with E-state index in [1.807, 2.05) is 12.1 Å². The minimum Gasteiger partial charge on any atom is -0.456 e. The Hall–Kier alpha value is -8.48. The van der Waals surface area contributed by atoms with Crippen molar-refractivity contribution >= 4 is 114 Å². The normalized spacial score (nSPS) is 13.8. The van der Waals surface area contributed by atoms with Gasteiger partial charge in [0.05, 0.1) is 0 Å². The van der Waals surface area contributed by atoms with Crippen LogP contribution in [0.1, 0.15) is 73.5 Å². The molecule has 0 spiro atoms. The zero-order chi connectivity index (χ0) is 48.8. The van der Waals surface area contributed by atoms with Crippen LogP contribution >= 0.6 is 0 Å². The molecule has 5 nitrogen and oxygen atoms in total. The highest BCUT2D eigenvalue weighted by Crippen LogP contribution is 2.48. The SMILES string of the molecule is C=Cc1oc2c(c1/C=C\C)CCC=C2c1ccc(N2c3cc(C(C)(C)C)ccc3B3c4ccc(N(c5ccccc5)c5ccccc5)cc4N(c4ccc5c(c4)oc4ccccc45)c4cc(C)cc2c43)cc1. The third-order valence-electron chi connectivity index (χ3n) is 15.0. The van der Waals surface area contributed by atoms with Gasteiger partial charge < -0.3 is 23.5 Å². The number of allylic oxidation sites excluding steroid dienone is 2. The monoisotopic (exact) mass is 931 g/mol. The maximum atomic E-state index is 6.63. The molecule has 0 atom stereocenters. The molecule has 2 aromatic heterocycles. The van der Waals surface area contributed by atoms with E-state index in [0.29, 0.717) is 0 Å². The van der Waals surface area contributed by atoms with Gasteiger partial charge in [0.25, 0.3) is 6.71 Å². The molecule has 10 aromatic rings. The number of hydrogen-bond donors (Lipinski definition) is 0. The van der Waals surface area contributed by atoms with Crippen LogP contribution in [0.5, 0.6) is 0 Å². The highest BCUT2D eigenvalue weighted by molar-refractivity contribution is 7.00. The van der Waals surface area contributed by atoms with Crippen molar-refractivity contribution in [2.75, 3.05) is 14.7 Å². The maximum Gasteiger partial charge on any atom is 0.252 e. The molecule has 0 saturated carbocycles. The Labute approximate surface area is 422 Å². The number of rotatable bonds is 8. The van der Waals surface area contributed by atoms with Crippen molar-refractivity contribution in [2.24, 2.45) is 0 Å². The molecule has 72 heavy (non-hydrogen) atoms. The summed E-state index contributed by atoms with van der Waals surface area (Å²) in [6.45, 7) is 15.3. The van der Waals surface area contributed by atoms with Crippen LogP contribution in [-0.4, -0.2) is 6.71 Å². The fraction of sp³-hybridized carbons (Fsp3) is 0.121. The van der Waals surface area contributed by atoms with Crippen molar-refractivity contribution in [1.82, 2.24) is 0 Å². The van der Waals surface area contributed by atoms with Gasteiger partial charge in [-0.1, -0.05) is 131 Å². The molecule has 6 heteroatoms. The van der Waals surface area contributed by atoms with Crippen LogP contribution in [0, 0.1) is 6.92 Å². The zero-order valence-corrected chi connectivity index (χ0v) is 41.4. The van der Waals surface area contributed by atoms with Crippen LogP contribution < -0.4 is 31.1 Å². The van der Waals surface area contributed by atoms with Gasteiger partial charge in [-0.25, -0.2) is 0 Å². The first-order chi connectivity index (χ1) is 35.2. The maximum absolute atomic E-state index is 6.63. The Balaban J connectivity index is 1.03. The van der Waals surface area contributed by atoms with Crippen LogP contribution in [0.15, 0.2) is 203 Å². The molecule has 13 rings (SSSR count). The molecular formula is C66H54BN3O2. The van der Waals surface area contributed by atoms with Gasteiger partial charge in [-0.2, -0.15) is 0 Å². The summed E-state index contributed by atoms with van der Waals surface area (Å²) in [4.78, 5) is 7.38. The van der Waals surface area contributed by atoms with E-state index in [-0.39, 0.29) is 12.1 Å². The molecule has 8 aromatic carbocycles. The van der Waals surface area contributed by atoms with E-state index in [2.05, 4.69) is 244 Å². The number of anilines is 9. The van der Waals surface area contributed by atoms with E-state index in [1.165, 1.54) is 44.5 Å².